The van der Waals surface area contributed by atoms with E-state index in [-0.39, 0.29) is 30.9 Å². The van der Waals surface area contributed by atoms with E-state index in [0.29, 0.717) is 27.8 Å². The van der Waals surface area contributed by atoms with Crippen molar-refractivity contribution in [2.75, 3.05) is 38.5 Å². The van der Waals surface area contributed by atoms with Gasteiger partial charge in [-0.25, -0.2) is 4.98 Å². The van der Waals surface area contributed by atoms with E-state index in [0.717, 1.165) is 53.5 Å². The van der Waals surface area contributed by atoms with Gasteiger partial charge >= 0.3 is 0 Å². The molecule has 1 aromatic heterocycles. The van der Waals surface area contributed by atoms with Crippen LogP contribution in [0.1, 0.15) is 19.8 Å². The van der Waals surface area contributed by atoms with Crippen LogP contribution in [-0.4, -0.2) is 49.5 Å². The second-order valence-corrected chi connectivity index (χ2v) is 8.84. The monoisotopic (exact) mass is 540 g/mol. The van der Waals surface area contributed by atoms with Crippen LogP contribution in [0.5, 0.6) is 5.75 Å². The van der Waals surface area contributed by atoms with E-state index in [1.54, 1.807) is 7.11 Å². The number of fused-ring (bicyclic) bond motifs is 2. The molecule has 178 valence electrons. The van der Waals surface area contributed by atoms with Gasteiger partial charge in [0.2, 0.25) is 0 Å². The lowest BCUT2D eigenvalue weighted by atomic mass is 9.99. The quantitative estimate of drug-likeness (QED) is 0.174. The number of nitrogens with two attached hydrogens (primary N) is 1. The maximum atomic E-state index is 6.39. The van der Waals surface area contributed by atoms with E-state index < -0.39 is 0 Å². The second kappa shape index (κ2) is 13.2. The van der Waals surface area contributed by atoms with E-state index in [2.05, 4.69) is 19.1 Å². The molecule has 32 heavy (non-hydrogen) atoms. The topological polar surface area (TPSA) is 48.1 Å². The first-order valence-corrected chi connectivity index (χ1v) is 11.7. The molecular weight excluding hydrogens is 512 g/mol. The van der Waals surface area contributed by atoms with Gasteiger partial charge in [0.1, 0.15) is 5.75 Å². The summed E-state index contributed by atoms with van der Waals surface area (Å²) in [6.45, 7) is 4.44. The van der Waals surface area contributed by atoms with Crippen LogP contribution >= 0.6 is 59.6 Å². The fourth-order valence-electron chi connectivity index (χ4n) is 4.44. The number of quaternary nitrogens is 1. The van der Waals surface area contributed by atoms with E-state index in [1.165, 1.54) is 5.69 Å². The molecule has 2 aromatic carbocycles. The standard InChI is InChI=1S/C23H29Cl3N3O.2ClH/c1-16(4-3-11-27)29(12-9-24,13-10-25)23-19-7-5-17(26)14-22(19)28-21-8-6-18(30-2)15-20(21)23;;/h5-8,14-16H,3-4,9-13,27H2,1-2H3;2*1H/q+1;;. The molecule has 9 heteroatoms. The fourth-order valence-corrected chi connectivity index (χ4v) is 5.21. The number of rotatable bonds is 10. The van der Waals surface area contributed by atoms with Crippen molar-refractivity contribution in [1.82, 2.24) is 9.47 Å². The number of nitrogens with zero attached hydrogens (tertiary/aromatic N) is 2. The first kappa shape index (κ1) is 29.3. The van der Waals surface area contributed by atoms with Gasteiger partial charge in [0.25, 0.3) is 0 Å². The van der Waals surface area contributed by atoms with Crippen molar-refractivity contribution in [3.8, 4) is 5.75 Å². The van der Waals surface area contributed by atoms with Gasteiger partial charge in [-0.05, 0) is 56.3 Å². The minimum Gasteiger partial charge on any atom is -0.497 e. The number of pyridine rings is 1. The molecule has 0 aliphatic carbocycles. The van der Waals surface area contributed by atoms with Crippen molar-refractivity contribution >= 4 is 87.1 Å². The lowest BCUT2D eigenvalue weighted by Crippen LogP contribution is -2.58. The molecule has 0 fully saturated rings. The smallest absolute Gasteiger partial charge is 0.152 e. The molecule has 0 radical (unpaired) electrons. The number of hydrogen-bond acceptors (Lipinski definition) is 3. The van der Waals surface area contributed by atoms with Crippen LogP contribution < -0.4 is 15.0 Å². The van der Waals surface area contributed by atoms with Gasteiger partial charge in [0, 0.05) is 11.4 Å². The van der Waals surface area contributed by atoms with E-state index in [1.807, 2.05) is 24.3 Å². The van der Waals surface area contributed by atoms with Crippen LogP contribution in [0.3, 0.4) is 0 Å². The molecule has 3 aromatic rings. The molecule has 0 spiro atoms. The first-order chi connectivity index (χ1) is 14.5. The molecule has 1 unspecified atom stereocenters. The predicted octanol–water partition coefficient (Wildman–Crippen LogP) is 6.81. The van der Waals surface area contributed by atoms with Gasteiger partial charge in [0.15, 0.2) is 5.69 Å². The summed E-state index contributed by atoms with van der Waals surface area (Å²) in [5.41, 5.74) is 8.79. The SMILES string of the molecule is COc1ccc2nc3cc(Cl)ccc3c([N+](CCCl)(CCCl)C(C)CCCN)c2c1.Cl.Cl. The van der Waals surface area contributed by atoms with Crippen LogP contribution in [0.2, 0.25) is 5.02 Å². The van der Waals surface area contributed by atoms with Crippen molar-refractivity contribution < 1.29 is 4.74 Å². The maximum Gasteiger partial charge on any atom is 0.152 e. The summed E-state index contributed by atoms with van der Waals surface area (Å²) < 4.78 is 6.21. The highest BCUT2D eigenvalue weighted by Crippen LogP contribution is 2.42. The molecular formula is C23H31Cl5N3O+. The summed E-state index contributed by atoms with van der Waals surface area (Å²) in [4.78, 5) is 4.89. The molecule has 0 amide bonds. The predicted molar refractivity (Wildman–Crippen MR) is 146 cm³/mol. The Hall–Kier alpha value is -0.720. The molecule has 1 atom stereocenters. The van der Waals surface area contributed by atoms with Gasteiger partial charge in [-0.1, -0.05) is 11.6 Å². The molecule has 2 N–H and O–H groups in total. The normalized spacial score (nSPS) is 12.3. The lowest BCUT2D eigenvalue weighted by molar-refractivity contribution is 0.225. The highest BCUT2D eigenvalue weighted by molar-refractivity contribution is 6.31. The van der Waals surface area contributed by atoms with Crippen LogP contribution in [-0.2, 0) is 0 Å². The van der Waals surface area contributed by atoms with Crippen molar-refractivity contribution in [2.45, 2.75) is 25.8 Å². The van der Waals surface area contributed by atoms with E-state index in [4.69, 9.17) is 50.3 Å². The summed E-state index contributed by atoms with van der Waals surface area (Å²) in [5.74, 6) is 1.84. The Morgan fingerprint density at radius 2 is 1.69 bits per heavy atom. The number of alkyl halides is 2. The van der Waals surface area contributed by atoms with Gasteiger partial charge in [-0.3, -0.25) is 4.48 Å². The Bertz CT molecular complexity index is 1010. The molecule has 4 nitrogen and oxygen atoms in total. The third kappa shape index (κ3) is 5.85. The van der Waals surface area contributed by atoms with Crippen LogP contribution in [0.15, 0.2) is 36.4 Å². The largest absolute Gasteiger partial charge is 0.497 e. The van der Waals surface area contributed by atoms with E-state index >= 15 is 0 Å². The average Bonchev–Trinajstić information content (AvgIpc) is 2.75. The summed E-state index contributed by atoms with van der Waals surface area (Å²) >= 11 is 19.1. The Balaban J connectivity index is 0.00000256. The number of hydrogen-bond donors (Lipinski definition) is 1. The highest BCUT2D eigenvalue weighted by Gasteiger charge is 2.38. The zero-order valence-corrected chi connectivity index (χ0v) is 22.2. The second-order valence-electron chi connectivity index (χ2n) is 7.64. The third-order valence-corrected chi connectivity index (χ3v) is 6.57. The molecule has 1 heterocycles. The first-order valence-electron chi connectivity index (χ1n) is 10.3. The Morgan fingerprint density at radius 1 is 1.00 bits per heavy atom. The zero-order valence-electron chi connectivity index (χ0n) is 18.3. The lowest BCUT2D eigenvalue weighted by Gasteiger charge is -2.44. The maximum absolute atomic E-state index is 6.39. The van der Waals surface area contributed by atoms with E-state index in [9.17, 15) is 0 Å². The Morgan fingerprint density at radius 3 is 2.28 bits per heavy atom. The summed E-state index contributed by atoms with van der Waals surface area (Å²) in [5, 5.41) is 2.78. The van der Waals surface area contributed by atoms with Gasteiger partial charge < -0.3 is 10.5 Å². The van der Waals surface area contributed by atoms with Crippen LogP contribution in [0.25, 0.3) is 21.8 Å². The van der Waals surface area contributed by atoms with Crippen molar-refractivity contribution in [3.05, 3.63) is 41.4 Å². The Kier molecular flexibility index (Phi) is 12.1. The summed E-state index contributed by atoms with van der Waals surface area (Å²) in [6, 6.07) is 12.2. The zero-order chi connectivity index (χ0) is 21.7. The third-order valence-electron chi connectivity index (χ3n) is 6.00. The number of methoxy groups -OCH3 is 1. The number of halogens is 5. The van der Waals surface area contributed by atoms with Crippen LogP contribution in [0, 0.1) is 0 Å². The molecule has 0 aliphatic heterocycles. The number of aromatic nitrogens is 1. The minimum atomic E-state index is 0. The fraction of sp³-hybridized carbons (Fsp3) is 0.435. The Labute approximate surface area is 217 Å². The molecule has 3 rings (SSSR count). The molecule has 0 saturated heterocycles. The minimum absolute atomic E-state index is 0. The van der Waals surface area contributed by atoms with Gasteiger partial charge in [-0.2, -0.15) is 0 Å². The van der Waals surface area contributed by atoms with Crippen molar-refractivity contribution in [3.63, 3.8) is 0 Å². The van der Waals surface area contributed by atoms with Gasteiger partial charge in [0.05, 0.1) is 59.8 Å². The molecule has 0 aliphatic rings. The summed E-state index contributed by atoms with van der Waals surface area (Å²) in [7, 11) is 1.68. The summed E-state index contributed by atoms with van der Waals surface area (Å²) in [6.07, 6.45) is 1.93. The van der Waals surface area contributed by atoms with Crippen molar-refractivity contribution in [1.29, 1.82) is 0 Å². The average molecular weight is 543 g/mol. The molecule has 0 bridgehead atoms. The highest BCUT2D eigenvalue weighted by atomic mass is 35.5. The van der Waals surface area contributed by atoms with Crippen LogP contribution in [0.4, 0.5) is 5.69 Å². The number of ether oxygens (including phenoxy) is 1. The molecule has 0 saturated carbocycles. The number of benzene rings is 2. The van der Waals surface area contributed by atoms with Gasteiger partial charge in [-0.15, -0.1) is 48.0 Å². The van der Waals surface area contributed by atoms with Crippen molar-refractivity contribution in [2.24, 2.45) is 5.73 Å².